The molecule has 160 valence electrons. The Kier molecular flexibility index (Phi) is 5.38. The van der Waals surface area contributed by atoms with Gasteiger partial charge >= 0.3 is 33.5 Å². The second kappa shape index (κ2) is 6.93. The highest BCUT2D eigenvalue weighted by Gasteiger charge is 2.69. The van der Waals surface area contributed by atoms with Crippen LogP contribution in [0.15, 0.2) is 28.8 Å². The molecular formula is C13H7F8N3O4S. The molecule has 0 N–H and O–H groups in total. The minimum Gasteiger partial charge on any atom is -0.329 e. The first kappa shape index (κ1) is 22.5. The maximum absolute atomic E-state index is 13.2. The highest BCUT2D eigenvalue weighted by molar-refractivity contribution is 7.90. The number of amides is 1. The van der Waals surface area contributed by atoms with Crippen LogP contribution in [0.1, 0.15) is 16.2 Å². The smallest absolute Gasteiger partial charge is 0.329 e. The Bertz CT molecular complexity index is 1010. The minimum absolute atomic E-state index is 0.146. The van der Waals surface area contributed by atoms with E-state index < -0.39 is 55.1 Å². The molecule has 0 spiro atoms. The van der Waals surface area contributed by atoms with Crippen molar-refractivity contribution in [2.24, 2.45) is 0 Å². The summed E-state index contributed by atoms with van der Waals surface area (Å²) in [5.41, 5.74) is -0.802. The van der Waals surface area contributed by atoms with Crippen LogP contribution in [0, 0.1) is 0 Å². The summed E-state index contributed by atoms with van der Waals surface area (Å²) in [6.07, 6.45) is -11.4. The van der Waals surface area contributed by atoms with Gasteiger partial charge in [0.1, 0.15) is 0 Å². The standard InChI is InChI=1S/C13H7F8N3O4S/c1-24(29(26,27)13(20,21)12(17,18)19)9(25)7-4-2-6(3-5-7)8-22-10(28-23-8)11(14,15)16/h2-5H,1H3. The lowest BCUT2D eigenvalue weighted by Gasteiger charge is -2.25. The quantitative estimate of drug-likeness (QED) is 0.660. The van der Waals surface area contributed by atoms with E-state index in [1.807, 2.05) is 0 Å². The van der Waals surface area contributed by atoms with Crippen molar-refractivity contribution in [2.45, 2.75) is 17.6 Å². The van der Waals surface area contributed by atoms with Crippen LogP contribution < -0.4 is 0 Å². The fourth-order valence-electron chi connectivity index (χ4n) is 1.83. The van der Waals surface area contributed by atoms with Gasteiger partial charge < -0.3 is 4.52 Å². The Morgan fingerprint density at radius 1 is 1.00 bits per heavy atom. The maximum Gasteiger partial charge on any atom is 0.471 e. The molecule has 2 aromatic rings. The molecule has 1 amide bonds. The first-order valence-electron chi connectivity index (χ1n) is 6.99. The summed E-state index contributed by atoms with van der Waals surface area (Å²) >= 11 is 0. The van der Waals surface area contributed by atoms with E-state index in [1.165, 1.54) is 0 Å². The van der Waals surface area contributed by atoms with Crippen LogP contribution in [0.25, 0.3) is 11.4 Å². The number of alkyl halides is 8. The van der Waals surface area contributed by atoms with E-state index in [2.05, 4.69) is 14.7 Å². The summed E-state index contributed by atoms with van der Waals surface area (Å²) in [6, 6.07) is 3.33. The molecule has 1 aromatic carbocycles. The van der Waals surface area contributed by atoms with Crippen molar-refractivity contribution in [3.63, 3.8) is 0 Å². The van der Waals surface area contributed by atoms with Crippen LogP contribution in [0.3, 0.4) is 0 Å². The maximum atomic E-state index is 13.2. The Labute approximate surface area is 156 Å². The molecule has 0 saturated heterocycles. The highest BCUT2D eigenvalue weighted by atomic mass is 32.2. The third kappa shape index (κ3) is 4.01. The van der Waals surface area contributed by atoms with E-state index in [0.29, 0.717) is 0 Å². The number of nitrogens with zero attached hydrogens (tertiary/aromatic N) is 3. The SMILES string of the molecule is CN(C(=O)c1ccc(-c2noc(C(F)(F)F)n2)cc1)S(=O)(=O)C(F)(F)C(F)(F)F. The highest BCUT2D eigenvalue weighted by Crippen LogP contribution is 2.41. The van der Waals surface area contributed by atoms with E-state index in [9.17, 15) is 48.3 Å². The molecule has 0 aliphatic carbocycles. The van der Waals surface area contributed by atoms with E-state index in [-0.39, 0.29) is 12.6 Å². The van der Waals surface area contributed by atoms with Gasteiger partial charge in [-0.15, -0.1) is 0 Å². The van der Waals surface area contributed by atoms with E-state index >= 15 is 0 Å². The number of carbonyl (C=O) groups excluding carboxylic acids is 1. The summed E-state index contributed by atoms with van der Waals surface area (Å²) in [6.45, 7) is 0. The molecule has 2 rings (SSSR count). The van der Waals surface area contributed by atoms with Crippen molar-refractivity contribution in [1.82, 2.24) is 14.4 Å². The average Bonchev–Trinajstić information content (AvgIpc) is 3.10. The number of sulfonamides is 1. The zero-order valence-corrected chi connectivity index (χ0v) is 14.5. The van der Waals surface area contributed by atoms with Crippen LogP contribution in [-0.2, 0) is 16.2 Å². The van der Waals surface area contributed by atoms with Crippen molar-refractivity contribution >= 4 is 15.9 Å². The van der Waals surface area contributed by atoms with E-state index in [1.54, 1.807) is 0 Å². The van der Waals surface area contributed by atoms with Crippen molar-refractivity contribution in [3.05, 3.63) is 35.7 Å². The Morgan fingerprint density at radius 3 is 1.93 bits per heavy atom. The molecule has 0 atom stereocenters. The van der Waals surface area contributed by atoms with Gasteiger partial charge in [-0.1, -0.05) is 17.3 Å². The topological polar surface area (TPSA) is 93.4 Å². The predicted octanol–water partition coefficient (Wildman–Crippen LogP) is 3.31. The van der Waals surface area contributed by atoms with Crippen LogP contribution in [-0.4, -0.2) is 47.2 Å². The van der Waals surface area contributed by atoms with Crippen molar-refractivity contribution in [2.75, 3.05) is 7.05 Å². The molecule has 16 heteroatoms. The molecule has 7 nitrogen and oxygen atoms in total. The summed E-state index contributed by atoms with van der Waals surface area (Å²) < 4.78 is 127. The Morgan fingerprint density at radius 2 is 1.52 bits per heavy atom. The molecule has 0 unspecified atom stereocenters. The van der Waals surface area contributed by atoms with Crippen molar-refractivity contribution in [1.29, 1.82) is 0 Å². The zero-order chi connectivity index (χ0) is 22.4. The number of benzene rings is 1. The molecular weight excluding hydrogens is 446 g/mol. The second-order valence-electron chi connectivity index (χ2n) is 5.29. The minimum atomic E-state index is -6.47. The monoisotopic (exact) mass is 453 g/mol. The summed E-state index contributed by atoms with van der Waals surface area (Å²) in [5, 5.41) is -3.19. The van der Waals surface area contributed by atoms with Crippen LogP contribution >= 0.6 is 0 Å². The first-order chi connectivity index (χ1) is 13.0. The lowest BCUT2D eigenvalue weighted by Crippen LogP contribution is -2.52. The molecule has 0 bridgehead atoms. The van der Waals surface area contributed by atoms with E-state index in [4.69, 9.17) is 0 Å². The van der Waals surface area contributed by atoms with Gasteiger partial charge in [0.25, 0.3) is 5.91 Å². The van der Waals surface area contributed by atoms with Gasteiger partial charge in [0.05, 0.1) is 0 Å². The van der Waals surface area contributed by atoms with Gasteiger partial charge in [-0.2, -0.15) is 48.5 Å². The number of halogens is 8. The molecule has 0 saturated carbocycles. The average molecular weight is 453 g/mol. The molecule has 0 radical (unpaired) electrons. The number of aromatic nitrogens is 2. The number of rotatable bonds is 4. The zero-order valence-electron chi connectivity index (χ0n) is 13.7. The van der Waals surface area contributed by atoms with Crippen molar-refractivity contribution in [3.8, 4) is 11.4 Å². The predicted molar refractivity (Wildman–Crippen MR) is 76.8 cm³/mol. The van der Waals surface area contributed by atoms with Crippen LogP contribution in [0.5, 0.6) is 0 Å². The fourth-order valence-corrected chi connectivity index (χ4v) is 2.79. The molecule has 0 fully saturated rings. The van der Waals surface area contributed by atoms with Gasteiger partial charge in [-0.25, -0.2) is 4.31 Å². The number of hydrogen-bond donors (Lipinski definition) is 0. The van der Waals surface area contributed by atoms with Gasteiger partial charge in [0, 0.05) is 18.2 Å². The first-order valence-corrected chi connectivity index (χ1v) is 8.43. The van der Waals surface area contributed by atoms with E-state index in [0.717, 1.165) is 24.3 Å². The van der Waals surface area contributed by atoms with Gasteiger partial charge in [-0.05, 0) is 12.1 Å². The van der Waals surface area contributed by atoms with Gasteiger partial charge in [0.15, 0.2) is 0 Å². The molecule has 29 heavy (non-hydrogen) atoms. The molecule has 1 aromatic heterocycles. The van der Waals surface area contributed by atoms with Gasteiger partial charge in [0.2, 0.25) is 5.82 Å². The molecule has 0 aliphatic heterocycles. The number of carbonyl (C=O) groups is 1. The Hall–Kier alpha value is -2.78. The lowest BCUT2D eigenvalue weighted by atomic mass is 10.1. The summed E-state index contributed by atoms with van der Waals surface area (Å²) in [4.78, 5) is 15.0. The van der Waals surface area contributed by atoms with Gasteiger partial charge in [-0.3, -0.25) is 4.79 Å². The van der Waals surface area contributed by atoms with Crippen LogP contribution in [0.2, 0.25) is 0 Å². The Balaban J connectivity index is 2.30. The molecule has 1 heterocycles. The summed E-state index contributed by atoms with van der Waals surface area (Å²) in [7, 11) is -6.26. The number of hydrogen-bond acceptors (Lipinski definition) is 6. The lowest BCUT2D eigenvalue weighted by molar-refractivity contribution is -0.242. The molecule has 0 aliphatic rings. The van der Waals surface area contributed by atoms with Crippen molar-refractivity contribution < 1.29 is 52.9 Å². The normalized spacial score (nSPS) is 13.4. The third-order valence-corrected chi connectivity index (χ3v) is 5.13. The third-order valence-electron chi connectivity index (χ3n) is 3.36. The summed E-state index contributed by atoms with van der Waals surface area (Å²) in [5.74, 6) is -3.99. The largest absolute Gasteiger partial charge is 0.471 e. The van der Waals surface area contributed by atoms with Crippen LogP contribution in [0.4, 0.5) is 35.1 Å². The fraction of sp³-hybridized carbons (Fsp3) is 0.308. The second-order valence-corrected chi connectivity index (χ2v) is 7.30.